The van der Waals surface area contributed by atoms with Crippen LogP contribution in [0.15, 0.2) is 42.5 Å². The number of ether oxygens (including phenoxy) is 1. The number of carbonyl (C=O) groups is 1. The number of carboxylic acids is 1. The SMILES string of the molecule is COCCNC(C)(C(=O)O)c1ccc2ccccc2c1. The van der Waals surface area contributed by atoms with Crippen molar-refractivity contribution in [3.8, 4) is 0 Å². The van der Waals surface area contributed by atoms with Gasteiger partial charge in [0.15, 0.2) is 0 Å². The molecule has 0 saturated carbocycles. The van der Waals surface area contributed by atoms with Crippen LogP contribution in [0.4, 0.5) is 0 Å². The Balaban J connectivity index is 2.38. The van der Waals surface area contributed by atoms with E-state index < -0.39 is 11.5 Å². The minimum Gasteiger partial charge on any atom is -0.480 e. The monoisotopic (exact) mass is 273 g/mol. The lowest BCUT2D eigenvalue weighted by Crippen LogP contribution is -2.47. The highest BCUT2D eigenvalue weighted by Gasteiger charge is 2.34. The molecule has 0 aromatic heterocycles. The molecule has 20 heavy (non-hydrogen) atoms. The van der Waals surface area contributed by atoms with E-state index in [4.69, 9.17) is 4.74 Å². The molecule has 0 heterocycles. The van der Waals surface area contributed by atoms with Crippen molar-refractivity contribution in [3.05, 3.63) is 48.0 Å². The Morgan fingerprint density at radius 3 is 2.60 bits per heavy atom. The van der Waals surface area contributed by atoms with Gasteiger partial charge in [-0.05, 0) is 29.3 Å². The zero-order valence-electron chi connectivity index (χ0n) is 11.7. The Kier molecular flexibility index (Phi) is 4.37. The van der Waals surface area contributed by atoms with Crippen LogP contribution in [-0.4, -0.2) is 31.3 Å². The number of benzene rings is 2. The highest BCUT2D eigenvalue weighted by molar-refractivity contribution is 5.86. The molecule has 0 radical (unpaired) electrons. The van der Waals surface area contributed by atoms with E-state index in [9.17, 15) is 9.90 Å². The van der Waals surface area contributed by atoms with Gasteiger partial charge in [0.1, 0.15) is 5.54 Å². The first kappa shape index (κ1) is 14.5. The van der Waals surface area contributed by atoms with Gasteiger partial charge in [0, 0.05) is 13.7 Å². The van der Waals surface area contributed by atoms with E-state index >= 15 is 0 Å². The maximum Gasteiger partial charge on any atom is 0.328 e. The van der Waals surface area contributed by atoms with Crippen molar-refractivity contribution < 1.29 is 14.6 Å². The number of nitrogens with one attached hydrogen (secondary N) is 1. The third-order valence-corrected chi connectivity index (χ3v) is 3.54. The predicted octanol–water partition coefficient (Wildman–Crippen LogP) is 2.38. The molecule has 2 N–H and O–H groups in total. The van der Waals surface area contributed by atoms with Crippen LogP contribution in [0.3, 0.4) is 0 Å². The summed E-state index contributed by atoms with van der Waals surface area (Å²) < 4.78 is 4.97. The van der Waals surface area contributed by atoms with Crippen molar-refractivity contribution in [1.29, 1.82) is 0 Å². The van der Waals surface area contributed by atoms with Crippen LogP contribution in [0.2, 0.25) is 0 Å². The third-order valence-electron chi connectivity index (χ3n) is 3.54. The molecule has 2 rings (SSSR count). The summed E-state index contributed by atoms with van der Waals surface area (Å²) in [4.78, 5) is 11.6. The number of methoxy groups -OCH3 is 1. The molecule has 0 spiro atoms. The molecule has 1 atom stereocenters. The zero-order valence-corrected chi connectivity index (χ0v) is 11.7. The van der Waals surface area contributed by atoms with Crippen LogP contribution in [0.5, 0.6) is 0 Å². The van der Waals surface area contributed by atoms with Crippen molar-refractivity contribution in [2.24, 2.45) is 0 Å². The minimum atomic E-state index is -1.12. The second-order valence-electron chi connectivity index (χ2n) is 4.91. The molecule has 0 fully saturated rings. The average molecular weight is 273 g/mol. The second kappa shape index (κ2) is 6.03. The van der Waals surface area contributed by atoms with E-state index in [1.807, 2.05) is 42.5 Å². The summed E-state index contributed by atoms with van der Waals surface area (Å²) in [5.74, 6) is -0.899. The van der Waals surface area contributed by atoms with E-state index in [-0.39, 0.29) is 0 Å². The van der Waals surface area contributed by atoms with Crippen molar-refractivity contribution in [2.45, 2.75) is 12.5 Å². The molecule has 4 nitrogen and oxygen atoms in total. The summed E-state index contributed by atoms with van der Waals surface area (Å²) in [6, 6.07) is 13.6. The lowest BCUT2D eigenvalue weighted by Gasteiger charge is -2.27. The number of hydrogen-bond donors (Lipinski definition) is 2. The molecule has 0 bridgehead atoms. The Morgan fingerprint density at radius 1 is 1.25 bits per heavy atom. The molecule has 4 heteroatoms. The molecule has 0 aliphatic rings. The van der Waals surface area contributed by atoms with Gasteiger partial charge in [-0.25, -0.2) is 4.79 Å². The van der Waals surface area contributed by atoms with E-state index in [0.29, 0.717) is 13.2 Å². The molecule has 0 aliphatic heterocycles. The third kappa shape index (κ3) is 2.81. The normalized spacial score (nSPS) is 14.1. The molecule has 0 amide bonds. The first-order valence-corrected chi connectivity index (χ1v) is 6.54. The molecular formula is C16H19NO3. The highest BCUT2D eigenvalue weighted by Crippen LogP contribution is 2.25. The van der Waals surface area contributed by atoms with Gasteiger partial charge < -0.3 is 9.84 Å². The molecule has 2 aromatic carbocycles. The van der Waals surface area contributed by atoms with Crippen LogP contribution in [0, 0.1) is 0 Å². The standard InChI is InChI=1S/C16H19NO3/c1-16(15(18)19,17-9-10-20-2)14-8-7-12-5-3-4-6-13(12)11-14/h3-8,11,17H,9-10H2,1-2H3,(H,18,19). The molecule has 2 aromatic rings. The number of fused-ring (bicyclic) bond motifs is 1. The Bertz CT molecular complexity index is 611. The van der Waals surface area contributed by atoms with Gasteiger partial charge in [0.25, 0.3) is 0 Å². The highest BCUT2D eigenvalue weighted by atomic mass is 16.5. The van der Waals surface area contributed by atoms with Crippen molar-refractivity contribution in [3.63, 3.8) is 0 Å². The largest absolute Gasteiger partial charge is 0.480 e. The van der Waals surface area contributed by atoms with Gasteiger partial charge in [-0.2, -0.15) is 0 Å². The fraction of sp³-hybridized carbons (Fsp3) is 0.312. The van der Waals surface area contributed by atoms with Crippen molar-refractivity contribution in [2.75, 3.05) is 20.3 Å². The molecule has 0 aliphatic carbocycles. The Hall–Kier alpha value is -1.91. The van der Waals surface area contributed by atoms with E-state index in [0.717, 1.165) is 16.3 Å². The van der Waals surface area contributed by atoms with Crippen LogP contribution in [0.25, 0.3) is 10.8 Å². The van der Waals surface area contributed by atoms with Gasteiger partial charge in [-0.3, -0.25) is 5.32 Å². The van der Waals surface area contributed by atoms with Crippen LogP contribution in [-0.2, 0) is 15.1 Å². The zero-order chi connectivity index (χ0) is 14.6. The molecule has 0 saturated heterocycles. The predicted molar refractivity (Wildman–Crippen MR) is 78.8 cm³/mol. The van der Waals surface area contributed by atoms with Gasteiger partial charge in [0.05, 0.1) is 6.61 Å². The van der Waals surface area contributed by atoms with Gasteiger partial charge >= 0.3 is 5.97 Å². The summed E-state index contributed by atoms with van der Waals surface area (Å²) in [5.41, 5.74) is -0.387. The van der Waals surface area contributed by atoms with E-state index in [2.05, 4.69) is 5.32 Å². The number of rotatable bonds is 6. The van der Waals surface area contributed by atoms with Gasteiger partial charge in [0.2, 0.25) is 0 Å². The second-order valence-corrected chi connectivity index (χ2v) is 4.91. The fourth-order valence-corrected chi connectivity index (χ4v) is 2.20. The topological polar surface area (TPSA) is 58.6 Å². The fourth-order valence-electron chi connectivity index (χ4n) is 2.20. The van der Waals surface area contributed by atoms with Crippen molar-refractivity contribution >= 4 is 16.7 Å². The summed E-state index contributed by atoms with van der Waals surface area (Å²) in [6.45, 7) is 2.62. The quantitative estimate of drug-likeness (QED) is 0.793. The minimum absolute atomic E-state index is 0.469. The van der Waals surface area contributed by atoms with Crippen molar-refractivity contribution in [1.82, 2.24) is 5.32 Å². The van der Waals surface area contributed by atoms with Crippen LogP contribution in [0.1, 0.15) is 12.5 Å². The number of aliphatic carboxylic acids is 1. The maximum absolute atomic E-state index is 11.6. The summed E-state index contributed by atoms with van der Waals surface area (Å²) in [5, 5.41) is 14.7. The Labute approximate surface area is 118 Å². The van der Waals surface area contributed by atoms with Gasteiger partial charge in [-0.1, -0.05) is 36.4 Å². The maximum atomic E-state index is 11.6. The van der Waals surface area contributed by atoms with E-state index in [1.54, 1.807) is 14.0 Å². The first-order valence-electron chi connectivity index (χ1n) is 6.54. The summed E-state index contributed by atoms with van der Waals surface area (Å²) >= 11 is 0. The summed E-state index contributed by atoms with van der Waals surface area (Å²) in [7, 11) is 1.59. The molecular weight excluding hydrogens is 254 g/mol. The number of carboxylic acid groups (broad SMARTS) is 1. The smallest absolute Gasteiger partial charge is 0.328 e. The van der Waals surface area contributed by atoms with Crippen LogP contribution < -0.4 is 5.32 Å². The molecule has 1 unspecified atom stereocenters. The number of hydrogen-bond acceptors (Lipinski definition) is 3. The first-order chi connectivity index (χ1) is 9.58. The Morgan fingerprint density at radius 2 is 1.95 bits per heavy atom. The lowest BCUT2D eigenvalue weighted by atomic mass is 9.90. The summed E-state index contributed by atoms with van der Waals surface area (Å²) in [6.07, 6.45) is 0. The van der Waals surface area contributed by atoms with Gasteiger partial charge in [-0.15, -0.1) is 0 Å². The van der Waals surface area contributed by atoms with E-state index in [1.165, 1.54) is 0 Å². The lowest BCUT2D eigenvalue weighted by molar-refractivity contribution is -0.144. The average Bonchev–Trinajstić information content (AvgIpc) is 2.46. The van der Waals surface area contributed by atoms with Crippen LogP contribution >= 0.6 is 0 Å². The molecule has 106 valence electrons.